The highest BCUT2D eigenvalue weighted by atomic mass is 32.2. The number of carbonyl (C=O) groups is 7. The van der Waals surface area contributed by atoms with Crippen LogP contribution in [0.2, 0.25) is 0 Å². The normalized spacial score (nSPS) is 27.4. The summed E-state index contributed by atoms with van der Waals surface area (Å²) in [5.41, 5.74) is -0.855. The molecule has 17 nitrogen and oxygen atoms in total. The smallest absolute Gasteiger partial charge is 0.338 e. The number of nitrogens with one attached hydrogen (secondary N) is 2. The van der Waals surface area contributed by atoms with Crippen LogP contribution in [0.3, 0.4) is 0 Å². The number of ether oxygens (including phenoxy) is 8. The highest BCUT2D eigenvalue weighted by molar-refractivity contribution is 8.00. The van der Waals surface area contributed by atoms with Crippen LogP contribution in [0.4, 0.5) is 0 Å². The molecule has 2 saturated heterocycles. The van der Waals surface area contributed by atoms with Crippen molar-refractivity contribution < 1.29 is 71.5 Å². The minimum Gasteiger partial charge on any atom is -0.463 e. The third kappa shape index (κ3) is 12.0. The van der Waals surface area contributed by atoms with Crippen LogP contribution in [0.1, 0.15) is 55.3 Å². The van der Waals surface area contributed by atoms with Crippen molar-refractivity contribution in [2.24, 2.45) is 0 Å². The Labute approximate surface area is 321 Å². The van der Waals surface area contributed by atoms with Crippen LogP contribution in [0.5, 0.6) is 0 Å². The topological polar surface area (TPSA) is 217 Å². The third-order valence-corrected chi connectivity index (χ3v) is 9.81. The Morgan fingerprint density at radius 3 is 1.65 bits per heavy atom. The van der Waals surface area contributed by atoms with E-state index in [1.807, 2.05) is 0 Å². The number of thioether (sulfide) groups is 1. The highest BCUT2D eigenvalue weighted by Gasteiger charge is 2.56. The van der Waals surface area contributed by atoms with Gasteiger partial charge in [0.05, 0.1) is 16.4 Å². The molecule has 10 atom stereocenters. The average Bonchev–Trinajstić information content (AvgIpc) is 3.13. The average molecular weight is 789 g/mol. The molecule has 18 heteroatoms. The van der Waals surface area contributed by atoms with Gasteiger partial charge in [0.15, 0.2) is 18.5 Å². The van der Waals surface area contributed by atoms with Gasteiger partial charge < -0.3 is 48.5 Å². The SMILES string of the molecule is CO[C@H]1O[C@H](COC(=O)c2ccccc2)[C@@H](S[C@@H]2O[C@H](COC(C)=O)[C@@H](OC(C)=O)[C@H](OC(C)=O)[C@H]2NC(C)=O)[C@H](OC(=O)c2ccccc2)[C@H]1NC(C)=O. The molecule has 0 aromatic heterocycles. The Kier molecular flexibility index (Phi) is 15.6. The maximum Gasteiger partial charge on any atom is 0.338 e. The fourth-order valence-electron chi connectivity index (χ4n) is 6.07. The zero-order chi connectivity index (χ0) is 40.2. The number of benzene rings is 2. The number of methoxy groups -OCH3 is 1. The van der Waals surface area contributed by atoms with Crippen LogP contribution in [0.15, 0.2) is 60.7 Å². The van der Waals surface area contributed by atoms with Crippen LogP contribution < -0.4 is 10.6 Å². The summed E-state index contributed by atoms with van der Waals surface area (Å²) in [6, 6.07) is 13.7. The summed E-state index contributed by atoms with van der Waals surface area (Å²) in [6.07, 6.45) is -7.76. The number of hydrogen-bond donors (Lipinski definition) is 2. The fourth-order valence-corrected chi connectivity index (χ4v) is 7.68. The van der Waals surface area contributed by atoms with Crippen molar-refractivity contribution in [3.63, 3.8) is 0 Å². The minimum absolute atomic E-state index is 0.172. The third-order valence-electron chi connectivity index (χ3n) is 8.25. The van der Waals surface area contributed by atoms with Gasteiger partial charge in [-0.05, 0) is 24.3 Å². The van der Waals surface area contributed by atoms with Gasteiger partial charge in [0.2, 0.25) is 11.8 Å². The van der Waals surface area contributed by atoms with Crippen molar-refractivity contribution in [1.29, 1.82) is 0 Å². The summed E-state index contributed by atoms with van der Waals surface area (Å²) in [5, 5.41) is 4.33. The van der Waals surface area contributed by atoms with E-state index in [4.69, 9.17) is 37.9 Å². The molecule has 2 aromatic carbocycles. The summed E-state index contributed by atoms with van der Waals surface area (Å²) in [7, 11) is 1.31. The first kappa shape index (κ1) is 42.7. The van der Waals surface area contributed by atoms with Gasteiger partial charge >= 0.3 is 29.8 Å². The molecule has 2 N–H and O–H groups in total. The van der Waals surface area contributed by atoms with Gasteiger partial charge in [0.1, 0.15) is 49.0 Å². The molecular weight excluding hydrogens is 744 g/mol. The Balaban J connectivity index is 1.84. The standard InChI is InChI=1S/C37H44N2O15S/c1-19(40)38-28-32(54-35(46)25-15-11-8-12-16-25)33(27(52-36(28)47-6)18-49-34(45)24-13-9-7-10-14-24)55-37-29(39-20(2)41)31(51-23(5)44)30(50-22(4)43)26(53-37)17-48-21(3)42/h7-16,26-33,36-37H,17-18H2,1-6H3,(H,38,40)(H,39,41)/t26-,27-,28-,29-,30-,31-,32-,33-,36+,37+/m1/s1. The van der Waals surface area contributed by atoms with E-state index < -0.39 is 114 Å². The zero-order valence-electron chi connectivity index (χ0n) is 31.0. The van der Waals surface area contributed by atoms with Crippen molar-refractivity contribution in [1.82, 2.24) is 10.6 Å². The van der Waals surface area contributed by atoms with Crippen LogP contribution >= 0.6 is 11.8 Å². The summed E-state index contributed by atoms with van der Waals surface area (Å²) in [6.45, 7) is 4.92. The second-order valence-electron chi connectivity index (χ2n) is 12.5. The van der Waals surface area contributed by atoms with E-state index in [1.165, 1.54) is 33.1 Å². The molecule has 4 rings (SSSR count). The van der Waals surface area contributed by atoms with E-state index in [1.54, 1.807) is 48.5 Å². The molecule has 55 heavy (non-hydrogen) atoms. The van der Waals surface area contributed by atoms with Crippen molar-refractivity contribution in [2.75, 3.05) is 20.3 Å². The van der Waals surface area contributed by atoms with Crippen molar-refractivity contribution in [2.45, 2.75) is 94.2 Å². The number of carbonyl (C=O) groups excluding carboxylic acids is 7. The lowest BCUT2D eigenvalue weighted by molar-refractivity contribution is -0.225. The summed E-state index contributed by atoms with van der Waals surface area (Å²) in [5.74, 6) is -4.89. The van der Waals surface area contributed by atoms with Crippen molar-refractivity contribution in [3.05, 3.63) is 71.8 Å². The number of hydrogen-bond acceptors (Lipinski definition) is 16. The molecule has 2 heterocycles. The Bertz CT molecular complexity index is 1680. The van der Waals surface area contributed by atoms with Crippen LogP contribution in [-0.4, -0.2) is 122 Å². The Morgan fingerprint density at radius 2 is 1.13 bits per heavy atom. The van der Waals surface area contributed by atoms with Crippen molar-refractivity contribution in [3.8, 4) is 0 Å². The molecule has 2 fully saturated rings. The predicted octanol–water partition coefficient (Wildman–Crippen LogP) is 1.70. The monoisotopic (exact) mass is 788 g/mol. The van der Waals surface area contributed by atoms with Crippen LogP contribution in [0.25, 0.3) is 0 Å². The minimum atomic E-state index is -1.40. The van der Waals surface area contributed by atoms with Gasteiger partial charge in [0, 0.05) is 41.7 Å². The molecule has 2 amide bonds. The largest absolute Gasteiger partial charge is 0.463 e. The lowest BCUT2D eigenvalue weighted by Gasteiger charge is -2.49. The molecule has 0 radical (unpaired) electrons. The number of rotatable bonds is 14. The van der Waals surface area contributed by atoms with Gasteiger partial charge in [-0.2, -0.15) is 0 Å². The zero-order valence-corrected chi connectivity index (χ0v) is 31.8. The van der Waals surface area contributed by atoms with Gasteiger partial charge in [0.25, 0.3) is 0 Å². The van der Waals surface area contributed by atoms with E-state index in [0.29, 0.717) is 0 Å². The highest BCUT2D eigenvalue weighted by Crippen LogP contribution is 2.41. The lowest BCUT2D eigenvalue weighted by Crippen LogP contribution is -2.68. The van der Waals surface area contributed by atoms with E-state index in [9.17, 15) is 33.6 Å². The summed E-state index contributed by atoms with van der Waals surface area (Å²) in [4.78, 5) is 88.9. The van der Waals surface area contributed by atoms with Gasteiger partial charge in [-0.15, -0.1) is 11.8 Å². The summed E-state index contributed by atoms with van der Waals surface area (Å²) >= 11 is 0.916. The molecule has 0 spiro atoms. The van der Waals surface area contributed by atoms with Gasteiger partial charge in [-0.25, -0.2) is 9.59 Å². The van der Waals surface area contributed by atoms with Crippen molar-refractivity contribution >= 4 is 53.4 Å². The first-order valence-electron chi connectivity index (χ1n) is 17.2. The molecule has 0 unspecified atom stereocenters. The van der Waals surface area contributed by atoms with Crippen LogP contribution in [-0.2, 0) is 61.9 Å². The second kappa shape index (κ2) is 20.0. The molecule has 0 aliphatic carbocycles. The van der Waals surface area contributed by atoms with E-state index in [-0.39, 0.29) is 11.1 Å². The molecular formula is C37H44N2O15S. The molecule has 2 aromatic rings. The maximum absolute atomic E-state index is 13.7. The molecule has 2 aliphatic heterocycles. The van der Waals surface area contributed by atoms with Gasteiger partial charge in [-0.3, -0.25) is 24.0 Å². The molecule has 298 valence electrons. The Hall–Kier alpha value is -5.04. The van der Waals surface area contributed by atoms with Crippen LogP contribution in [0, 0.1) is 0 Å². The van der Waals surface area contributed by atoms with Gasteiger partial charge in [-0.1, -0.05) is 36.4 Å². The first-order valence-corrected chi connectivity index (χ1v) is 18.1. The van der Waals surface area contributed by atoms with E-state index in [2.05, 4.69) is 10.6 Å². The fraction of sp³-hybridized carbons (Fsp3) is 0.486. The number of esters is 5. The quantitative estimate of drug-likeness (QED) is 0.206. The predicted molar refractivity (Wildman–Crippen MR) is 191 cm³/mol. The molecule has 0 saturated carbocycles. The number of amides is 2. The maximum atomic E-state index is 13.7. The summed E-state index contributed by atoms with van der Waals surface area (Å²) < 4.78 is 46.6. The first-order chi connectivity index (χ1) is 26.2. The molecule has 2 aliphatic rings. The van der Waals surface area contributed by atoms with E-state index >= 15 is 0 Å². The Morgan fingerprint density at radius 1 is 0.600 bits per heavy atom. The second-order valence-corrected chi connectivity index (χ2v) is 13.8. The lowest BCUT2D eigenvalue weighted by atomic mass is 9.97. The molecule has 0 bridgehead atoms. The van der Waals surface area contributed by atoms with E-state index in [0.717, 1.165) is 32.5 Å².